The molecule has 0 unspecified atom stereocenters. The molecule has 1 fully saturated rings. The second-order valence-electron chi connectivity index (χ2n) is 9.52. The Morgan fingerprint density at radius 1 is 1.03 bits per heavy atom. The van der Waals surface area contributed by atoms with E-state index in [0.29, 0.717) is 42.0 Å². The second-order valence-corrected chi connectivity index (χ2v) is 9.52. The van der Waals surface area contributed by atoms with E-state index in [1.165, 1.54) is 16.7 Å². The molecule has 2 aromatic carbocycles. The van der Waals surface area contributed by atoms with Gasteiger partial charge in [0, 0.05) is 43.7 Å². The summed E-state index contributed by atoms with van der Waals surface area (Å²) in [5.41, 5.74) is 4.51. The Balaban J connectivity index is 1.38. The first-order chi connectivity index (χ1) is 18.4. The lowest BCUT2D eigenvalue weighted by molar-refractivity contribution is -0.125. The Hall–Kier alpha value is -4.01. The maximum Gasteiger partial charge on any atom is 0.229 e. The van der Waals surface area contributed by atoms with Crippen LogP contribution in [0.25, 0.3) is 0 Å². The number of aryl methyl sites for hydroxylation is 2. The number of piperidine rings is 1. The minimum Gasteiger partial charge on any atom is -0.493 e. The van der Waals surface area contributed by atoms with Gasteiger partial charge in [-0.05, 0) is 55.9 Å². The highest BCUT2D eigenvalue weighted by molar-refractivity contribution is 5.79. The lowest BCUT2D eigenvalue weighted by Gasteiger charge is -2.33. The lowest BCUT2D eigenvalue weighted by Crippen LogP contribution is -2.43. The number of hydrogen-bond acceptors (Lipinski definition) is 8. The number of ether oxygens (including phenoxy) is 3. The Bertz CT molecular complexity index is 1240. The maximum atomic E-state index is 13.0. The van der Waals surface area contributed by atoms with Crippen molar-refractivity contribution in [2.45, 2.75) is 33.1 Å². The van der Waals surface area contributed by atoms with Crippen molar-refractivity contribution in [3.8, 4) is 17.2 Å². The first kappa shape index (κ1) is 27.0. The van der Waals surface area contributed by atoms with E-state index in [4.69, 9.17) is 19.2 Å². The van der Waals surface area contributed by atoms with Gasteiger partial charge in [-0.25, -0.2) is 4.98 Å². The molecule has 2 heterocycles. The SMILES string of the molecule is COc1cc(Nc2nccc(N3CCC[C@H](C(=O)NCCc4ccc(C)c(C)c4)C3)n2)cc(OC)c1OC. The molecule has 1 amide bonds. The fourth-order valence-corrected chi connectivity index (χ4v) is 4.70. The molecular weight excluding hydrogens is 482 g/mol. The van der Waals surface area contributed by atoms with Crippen molar-refractivity contribution in [3.05, 3.63) is 59.3 Å². The van der Waals surface area contributed by atoms with Gasteiger partial charge < -0.3 is 29.7 Å². The van der Waals surface area contributed by atoms with E-state index in [1.807, 2.05) is 6.07 Å². The summed E-state index contributed by atoms with van der Waals surface area (Å²) >= 11 is 0. The summed E-state index contributed by atoms with van der Waals surface area (Å²) < 4.78 is 16.3. The van der Waals surface area contributed by atoms with Crippen LogP contribution in [0, 0.1) is 19.8 Å². The molecule has 2 N–H and O–H groups in total. The van der Waals surface area contributed by atoms with E-state index in [0.717, 1.165) is 31.6 Å². The molecule has 0 spiro atoms. The van der Waals surface area contributed by atoms with E-state index in [9.17, 15) is 4.79 Å². The van der Waals surface area contributed by atoms with Crippen molar-refractivity contribution in [1.82, 2.24) is 15.3 Å². The van der Waals surface area contributed by atoms with Crippen LogP contribution in [0.2, 0.25) is 0 Å². The number of carbonyl (C=O) groups excluding carboxylic acids is 1. The third-order valence-corrected chi connectivity index (χ3v) is 6.96. The monoisotopic (exact) mass is 519 g/mol. The van der Waals surface area contributed by atoms with Crippen molar-refractivity contribution in [2.24, 2.45) is 5.92 Å². The number of aromatic nitrogens is 2. The third-order valence-electron chi connectivity index (χ3n) is 6.96. The zero-order chi connectivity index (χ0) is 27.1. The normalized spacial score (nSPS) is 15.1. The molecule has 1 aromatic heterocycles. The first-order valence-electron chi connectivity index (χ1n) is 12.9. The average molecular weight is 520 g/mol. The first-order valence-corrected chi connectivity index (χ1v) is 12.9. The van der Waals surface area contributed by atoms with Crippen LogP contribution in [0.1, 0.15) is 29.5 Å². The molecule has 1 saturated heterocycles. The summed E-state index contributed by atoms with van der Waals surface area (Å²) in [6.45, 7) is 6.32. The third kappa shape index (κ3) is 6.45. The van der Waals surface area contributed by atoms with Gasteiger partial charge in [0.05, 0.1) is 27.2 Å². The maximum absolute atomic E-state index is 13.0. The molecule has 4 rings (SSSR count). The molecule has 1 atom stereocenters. The largest absolute Gasteiger partial charge is 0.493 e. The number of anilines is 3. The molecule has 9 nitrogen and oxygen atoms in total. The molecule has 1 aliphatic rings. The van der Waals surface area contributed by atoms with Gasteiger partial charge in [-0.2, -0.15) is 4.98 Å². The predicted octanol–water partition coefficient (Wildman–Crippen LogP) is 4.44. The van der Waals surface area contributed by atoms with Crippen LogP contribution in [0.4, 0.5) is 17.5 Å². The van der Waals surface area contributed by atoms with Gasteiger partial charge >= 0.3 is 0 Å². The highest BCUT2D eigenvalue weighted by Gasteiger charge is 2.26. The van der Waals surface area contributed by atoms with E-state index < -0.39 is 0 Å². The van der Waals surface area contributed by atoms with Gasteiger partial charge in [-0.1, -0.05) is 18.2 Å². The van der Waals surface area contributed by atoms with Gasteiger partial charge in [0.2, 0.25) is 17.6 Å². The zero-order valence-corrected chi connectivity index (χ0v) is 22.8. The quantitative estimate of drug-likeness (QED) is 0.406. The number of nitrogens with zero attached hydrogens (tertiary/aromatic N) is 3. The minimum absolute atomic E-state index is 0.0787. The molecule has 1 aliphatic heterocycles. The van der Waals surface area contributed by atoms with Crippen LogP contribution in [-0.2, 0) is 11.2 Å². The van der Waals surface area contributed by atoms with Crippen LogP contribution in [-0.4, -0.2) is 56.8 Å². The van der Waals surface area contributed by atoms with E-state index in [1.54, 1.807) is 39.7 Å². The van der Waals surface area contributed by atoms with Gasteiger partial charge in [0.1, 0.15) is 5.82 Å². The van der Waals surface area contributed by atoms with Crippen molar-refractivity contribution in [1.29, 1.82) is 0 Å². The van der Waals surface area contributed by atoms with Crippen LogP contribution in [0.3, 0.4) is 0 Å². The van der Waals surface area contributed by atoms with Crippen molar-refractivity contribution >= 4 is 23.4 Å². The molecule has 0 bridgehead atoms. The number of benzene rings is 2. The summed E-state index contributed by atoms with van der Waals surface area (Å²) in [5, 5.41) is 6.36. The predicted molar refractivity (Wildman–Crippen MR) is 149 cm³/mol. The Kier molecular flexibility index (Phi) is 8.89. The summed E-state index contributed by atoms with van der Waals surface area (Å²) in [5.74, 6) is 2.83. The average Bonchev–Trinajstić information content (AvgIpc) is 2.94. The second kappa shape index (κ2) is 12.5. The minimum atomic E-state index is -0.0787. The molecule has 0 radical (unpaired) electrons. The van der Waals surface area contributed by atoms with Gasteiger partial charge in [-0.15, -0.1) is 0 Å². The fraction of sp³-hybridized carbons (Fsp3) is 0.414. The van der Waals surface area contributed by atoms with Gasteiger partial charge in [-0.3, -0.25) is 4.79 Å². The number of carbonyl (C=O) groups is 1. The molecule has 0 aliphatic carbocycles. The molecule has 3 aromatic rings. The van der Waals surface area contributed by atoms with E-state index in [-0.39, 0.29) is 11.8 Å². The standard InChI is InChI=1S/C29H37N5O4/c1-19-8-9-21(15-20(19)2)10-12-30-28(35)22-7-6-14-34(18-22)26-11-13-31-29(33-26)32-23-16-24(36-3)27(38-5)25(17-23)37-4/h8-9,11,13,15-17,22H,6-7,10,12,14,18H2,1-5H3,(H,30,35)(H,31,32,33)/t22-/m0/s1. The molecule has 0 saturated carbocycles. The topological polar surface area (TPSA) is 97.8 Å². The van der Waals surface area contributed by atoms with Gasteiger partial charge in [0.15, 0.2) is 11.5 Å². The molecule has 202 valence electrons. The number of hydrogen-bond donors (Lipinski definition) is 2. The summed E-state index contributed by atoms with van der Waals surface area (Å²) in [4.78, 5) is 24.2. The molecule has 9 heteroatoms. The Morgan fingerprint density at radius 2 is 1.79 bits per heavy atom. The van der Waals surface area contributed by atoms with Crippen molar-refractivity contribution in [2.75, 3.05) is 51.2 Å². The van der Waals surface area contributed by atoms with E-state index in [2.05, 4.69) is 52.6 Å². The van der Waals surface area contributed by atoms with Crippen LogP contribution in [0.15, 0.2) is 42.6 Å². The number of rotatable bonds is 10. The van der Waals surface area contributed by atoms with Crippen LogP contribution >= 0.6 is 0 Å². The Morgan fingerprint density at radius 3 is 2.47 bits per heavy atom. The van der Waals surface area contributed by atoms with Crippen molar-refractivity contribution < 1.29 is 19.0 Å². The highest BCUT2D eigenvalue weighted by atomic mass is 16.5. The van der Waals surface area contributed by atoms with Crippen molar-refractivity contribution in [3.63, 3.8) is 0 Å². The Labute approximate surface area is 224 Å². The molecular formula is C29H37N5O4. The number of amides is 1. The highest BCUT2D eigenvalue weighted by Crippen LogP contribution is 2.40. The number of nitrogens with one attached hydrogen (secondary N) is 2. The zero-order valence-electron chi connectivity index (χ0n) is 22.8. The smallest absolute Gasteiger partial charge is 0.229 e. The lowest BCUT2D eigenvalue weighted by atomic mass is 9.97. The van der Waals surface area contributed by atoms with Gasteiger partial charge in [0.25, 0.3) is 0 Å². The molecule has 38 heavy (non-hydrogen) atoms. The number of methoxy groups -OCH3 is 3. The van der Waals surface area contributed by atoms with Crippen LogP contribution < -0.4 is 29.7 Å². The summed E-state index contributed by atoms with van der Waals surface area (Å²) in [6, 6.07) is 11.9. The summed E-state index contributed by atoms with van der Waals surface area (Å²) in [6.07, 6.45) is 4.34. The van der Waals surface area contributed by atoms with E-state index >= 15 is 0 Å². The summed E-state index contributed by atoms with van der Waals surface area (Å²) in [7, 11) is 4.71. The fourth-order valence-electron chi connectivity index (χ4n) is 4.70. The van der Waals surface area contributed by atoms with Crippen LogP contribution in [0.5, 0.6) is 17.2 Å².